The third-order valence-electron chi connectivity index (χ3n) is 9.54. The van der Waals surface area contributed by atoms with Crippen LogP contribution in [0.2, 0.25) is 0 Å². The number of likely N-dealkylation sites (N-methyl/N-ethyl adjacent to an activating group) is 2. The van der Waals surface area contributed by atoms with Crippen LogP contribution in [-0.2, 0) is 55.0 Å². The quantitative estimate of drug-likeness (QED) is 0.0631. The summed E-state index contributed by atoms with van der Waals surface area (Å²) in [5.41, 5.74) is 3.75. The number of alkyl carbamates (subject to hydrolysis) is 4. The summed E-state index contributed by atoms with van der Waals surface area (Å²) < 4.78 is 21.2. The fraction of sp³-hybridized carbons (Fsp3) is 0.306. The van der Waals surface area contributed by atoms with Gasteiger partial charge < -0.3 is 37.8 Å². The van der Waals surface area contributed by atoms with Crippen molar-refractivity contribution < 1.29 is 61.8 Å². The van der Waals surface area contributed by atoms with Gasteiger partial charge in [-0.25, -0.2) is 19.2 Å². The molecule has 0 unspecified atom stereocenters. The maximum atomic E-state index is 12.4. The summed E-state index contributed by atoms with van der Waals surface area (Å²) in [6, 6.07) is 35.3. The van der Waals surface area contributed by atoms with Crippen molar-refractivity contribution in [2.45, 2.75) is 58.3 Å². The predicted molar refractivity (Wildman–Crippen MR) is 244 cm³/mol. The number of hydrogen-bond donors (Lipinski definition) is 4. The highest BCUT2D eigenvalue weighted by Gasteiger charge is 2.30. The summed E-state index contributed by atoms with van der Waals surface area (Å²) in [6.07, 6.45) is -0.308. The highest BCUT2D eigenvalue weighted by Crippen LogP contribution is 2.15. The van der Waals surface area contributed by atoms with Gasteiger partial charge in [0.1, 0.15) is 32.5 Å². The van der Waals surface area contributed by atoms with Crippen LogP contribution >= 0.6 is 0 Å². The molecular formula is C49H61N6O11+. The number of rotatable bonds is 20. The summed E-state index contributed by atoms with van der Waals surface area (Å²) in [5, 5.41) is 21.7. The Morgan fingerprint density at radius 2 is 0.742 bits per heavy atom. The van der Waals surface area contributed by atoms with E-state index in [1.165, 1.54) is 19.3 Å². The Labute approximate surface area is 386 Å². The lowest BCUT2D eigenvalue weighted by Crippen LogP contribution is -2.55. The second-order valence-electron chi connectivity index (χ2n) is 16.7. The number of carbonyl (C=O) groups excluding carboxylic acids is 6. The molecule has 0 bridgehead atoms. The number of benzene rings is 4. The van der Waals surface area contributed by atoms with E-state index in [1.807, 2.05) is 130 Å². The van der Waals surface area contributed by atoms with Crippen LogP contribution in [0.1, 0.15) is 42.0 Å². The number of quaternary nitrogens is 2. The van der Waals surface area contributed by atoms with Gasteiger partial charge in [-0.05, 0) is 22.3 Å². The maximum absolute atomic E-state index is 12.4. The molecular weight excluding hydrogens is 849 g/mol. The number of aliphatic carboxylic acids is 1. The molecule has 0 aliphatic heterocycles. The van der Waals surface area contributed by atoms with Crippen LogP contribution in [-0.4, -0.2) is 99.5 Å². The van der Waals surface area contributed by atoms with Gasteiger partial charge in [-0.2, -0.15) is 0 Å². The highest BCUT2D eigenvalue weighted by atomic mass is 16.6. The molecule has 17 heteroatoms. The van der Waals surface area contributed by atoms with Crippen molar-refractivity contribution in [2.24, 2.45) is 0 Å². The number of carbonyl (C=O) groups is 6. The van der Waals surface area contributed by atoms with E-state index >= 15 is 0 Å². The van der Waals surface area contributed by atoms with E-state index in [0.717, 1.165) is 22.3 Å². The monoisotopic (exact) mass is 909 g/mol. The van der Waals surface area contributed by atoms with E-state index in [9.17, 15) is 33.9 Å². The van der Waals surface area contributed by atoms with Gasteiger partial charge in [0, 0.05) is 43.6 Å². The van der Waals surface area contributed by atoms with Crippen LogP contribution in [0.3, 0.4) is 0 Å². The molecule has 0 aliphatic rings. The van der Waals surface area contributed by atoms with Gasteiger partial charge in [-0.15, -0.1) is 0 Å². The minimum Gasteiger partial charge on any atom is -0.544 e. The van der Waals surface area contributed by atoms with Crippen LogP contribution in [0.4, 0.5) is 19.2 Å². The number of hydrogen-bond acceptors (Lipinski definition) is 11. The molecule has 4 amide bonds. The van der Waals surface area contributed by atoms with E-state index in [1.54, 1.807) is 33.3 Å². The van der Waals surface area contributed by atoms with Crippen molar-refractivity contribution in [3.8, 4) is 0 Å². The van der Waals surface area contributed by atoms with Gasteiger partial charge in [0.2, 0.25) is 0 Å². The number of nitrogens with one attached hydrogen (secondary N) is 4. The van der Waals surface area contributed by atoms with E-state index < -0.39 is 42.4 Å². The van der Waals surface area contributed by atoms with Gasteiger partial charge in [-0.3, -0.25) is 26.1 Å². The second kappa shape index (κ2) is 27.0. The molecule has 4 rings (SSSR count). The summed E-state index contributed by atoms with van der Waals surface area (Å²) in [7, 11) is 10.7. The number of carboxylic acid groups (broad SMARTS) is 1. The van der Waals surface area contributed by atoms with Crippen LogP contribution < -0.4 is 26.4 Å². The number of Topliss-reactive ketones (excluding diaryl/α,β-unsaturated/α-hetero) is 1. The minimum absolute atomic E-state index is 0.0335. The number of ketones is 1. The molecule has 0 radical (unpaired) electrons. The third-order valence-corrected chi connectivity index (χ3v) is 9.54. The van der Waals surface area contributed by atoms with Crippen molar-refractivity contribution in [1.29, 1.82) is 0 Å². The predicted octanol–water partition coefficient (Wildman–Crippen LogP) is 5.63. The SMILES string of the molecule is CC(=O)[C@@H](C/C(=C/NC(=O)OCc1ccccc1)NC(=O)OCc1ccccc1)[N+](C)(C)C.C[N+](C)(C)[C@@H](C/C(=C/NC(=O)OCc1ccccc1)NC(=O)OCc1ccccc1)C(=O)[O-]. The van der Waals surface area contributed by atoms with Gasteiger partial charge in [-0.1, -0.05) is 121 Å². The van der Waals surface area contributed by atoms with Gasteiger partial charge in [0.25, 0.3) is 0 Å². The fourth-order valence-corrected chi connectivity index (χ4v) is 5.95. The van der Waals surface area contributed by atoms with Crippen LogP contribution in [0.5, 0.6) is 0 Å². The fourth-order valence-electron chi connectivity index (χ4n) is 5.95. The van der Waals surface area contributed by atoms with Gasteiger partial charge >= 0.3 is 24.4 Å². The molecule has 0 saturated carbocycles. The smallest absolute Gasteiger partial charge is 0.411 e. The lowest BCUT2D eigenvalue weighted by Gasteiger charge is -2.35. The highest BCUT2D eigenvalue weighted by molar-refractivity contribution is 5.81. The third kappa shape index (κ3) is 21.2. The molecule has 352 valence electrons. The van der Waals surface area contributed by atoms with E-state index in [2.05, 4.69) is 21.3 Å². The Bertz CT molecular complexity index is 2070. The standard InChI is InChI=1S/C25H31N3O5.C24H29N3O6/c1-19(29)23(28(2,3)4)15-22(27-25(31)33-18-21-13-9-6-10-14-21)16-26-24(30)32-17-20-11-7-5-8-12-20;1-27(2,3)21(22(28)29)14-20(26-24(31)33-17-19-12-8-5-9-13-19)15-25-23(30)32-16-18-10-6-4-7-11-18/h5-14,16,23H,15,17-18H2,1-4H3,(H-,26,27,30,31);4-13,15,21H,14,16-17H2,1-3H3,(H2-,25,26,28,29,30,31)/p+1/b22-16-;20-15-/t23-;21-/m10/s1. The Morgan fingerprint density at radius 1 is 0.470 bits per heavy atom. The Balaban J connectivity index is 0.000000350. The van der Waals surface area contributed by atoms with Gasteiger partial charge in [0.05, 0.1) is 48.3 Å². The molecule has 0 saturated heterocycles. The molecule has 66 heavy (non-hydrogen) atoms. The molecule has 0 spiro atoms. The zero-order valence-corrected chi connectivity index (χ0v) is 38.5. The van der Waals surface area contributed by atoms with Crippen molar-refractivity contribution in [3.05, 3.63) is 167 Å². The van der Waals surface area contributed by atoms with Crippen molar-refractivity contribution in [3.63, 3.8) is 0 Å². The first-order chi connectivity index (χ1) is 31.3. The topological polar surface area (TPSA) is 211 Å². The summed E-state index contributed by atoms with van der Waals surface area (Å²) in [5.74, 6) is -1.33. The molecule has 0 fully saturated rings. The number of amides is 4. The van der Waals surface area contributed by atoms with Crippen LogP contribution in [0.25, 0.3) is 0 Å². The zero-order chi connectivity index (χ0) is 48.5. The van der Waals surface area contributed by atoms with Crippen LogP contribution in [0, 0.1) is 0 Å². The first-order valence-corrected chi connectivity index (χ1v) is 20.9. The first kappa shape index (κ1) is 52.8. The van der Waals surface area contributed by atoms with E-state index in [0.29, 0.717) is 10.2 Å². The van der Waals surface area contributed by atoms with Crippen molar-refractivity contribution in [2.75, 3.05) is 42.3 Å². The second-order valence-corrected chi connectivity index (χ2v) is 16.7. The number of nitrogens with zero attached hydrogens (tertiary/aromatic N) is 2. The normalized spacial score (nSPS) is 12.4. The Hall–Kier alpha value is -7.50. The molecule has 0 aromatic heterocycles. The first-order valence-electron chi connectivity index (χ1n) is 20.9. The molecule has 17 nitrogen and oxygen atoms in total. The molecule has 0 aliphatic carbocycles. The lowest BCUT2D eigenvalue weighted by molar-refractivity contribution is -0.889. The lowest BCUT2D eigenvalue weighted by atomic mass is 10.1. The molecule has 4 aromatic rings. The number of carboxylic acids is 1. The zero-order valence-electron chi connectivity index (χ0n) is 38.5. The minimum atomic E-state index is -1.29. The van der Waals surface area contributed by atoms with Gasteiger partial charge in [0.15, 0.2) is 11.8 Å². The molecule has 2 atom stereocenters. The van der Waals surface area contributed by atoms with Crippen LogP contribution in [0.15, 0.2) is 145 Å². The average Bonchev–Trinajstić information content (AvgIpc) is 3.28. The van der Waals surface area contributed by atoms with Crippen molar-refractivity contribution >= 4 is 36.1 Å². The molecule has 4 N–H and O–H groups in total. The Kier molecular flexibility index (Phi) is 21.6. The molecule has 0 heterocycles. The average molecular weight is 910 g/mol. The summed E-state index contributed by atoms with van der Waals surface area (Å²) in [4.78, 5) is 72.8. The van der Waals surface area contributed by atoms with Crippen molar-refractivity contribution in [1.82, 2.24) is 21.3 Å². The largest absolute Gasteiger partial charge is 0.544 e. The van der Waals surface area contributed by atoms with E-state index in [4.69, 9.17) is 18.9 Å². The van der Waals surface area contributed by atoms with E-state index in [-0.39, 0.29) is 55.2 Å². The maximum Gasteiger partial charge on any atom is 0.411 e. The molecule has 4 aromatic carbocycles. The number of ether oxygens (including phenoxy) is 4. The Morgan fingerprint density at radius 3 is 1.00 bits per heavy atom. The summed E-state index contributed by atoms with van der Waals surface area (Å²) in [6.45, 7) is 1.80. The summed E-state index contributed by atoms with van der Waals surface area (Å²) >= 11 is 0.